The van der Waals surface area contributed by atoms with Gasteiger partial charge in [0.05, 0.1) is 18.7 Å². The van der Waals surface area contributed by atoms with Crippen LogP contribution in [0.15, 0.2) is 36.7 Å². The predicted octanol–water partition coefficient (Wildman–Crippen LogP) is 0.736. The minimum absolute atomic E-state index is 0.0218. The molecular weight excluding hydrogens is 354 g/mol. The summed E-state index contributed by atoms with van der Waals surface area (Å²) in [7, 11) is 3.64. The lowest BCUT2D eigenvalue weighted by molar-refractivity contribution is -0.139. The number of aryl methyl sites for hydroxylation is 1. The third-order valence-corrected chi connectivity index (χ3v) is 5.84. The van der Waals surface area contributed by atoms with Crippen molar-refractivity contribution in [2.75, 3.05) is 20.1 Å². The second-order valence-electron chi connectivity index (χ2n) is 7.85. The van der Waals surface area contributed by atoms with E-state index in [1.54, 1.807) is 22.8 Å². The van der Waals surface area contributed by atoms with Gasteiger partial charge in [-0.1, -0.05) is 24.3 Å². The van der Waals surface area contributed by atoms with Crippen LogP contribution in [0.2, 0.25) is 0 Å². The number of benzene rings is 1. The fourth-order valence-corrected chi connectivity index (χ4v) is 4.39. The maximum absolute atomic E-state index is 12.8. The van der Waals surface area contributed by atoms with Crippen molar-refractivity contribution in [3.8, 4) is 0 Å². The highest BCUT2D eigenvalue weighted by molar-refractivity contribution is 5.88. The molecule has 28 heavy (non-hydrogen) atoms. The third kappa shape index (κ3) is 3.80. The van der Waals surface area contributed by atoms with Crippen LogP contribution in [0.1, 0.15) is 23.1 Å². The molecule has 1 fully saturated rings. The number of hydrogen-bond acceptors (Lipinski definition) is 4. The number of nitrogens with one attached hydrogen (secondary N) is 1. The number of amides is 2. The van der Waals surface area contributed by atoms with Crippen molar-refractivity contribution >= 4 is 11.8 Å². The average Bonchev–Trinajstić information content (AvgIpc) is 3.29. The Balaban J connectivity index is 1.43. The maximum atomic E-state index is 12.8. The molecular formula is C21H27N5O2. The Bertz CT molecular complexity index is 852. The van der Waals surface area contributed by atoms with Gasteiger partial charge < -0.3 is 10.2 Å². The molecule has 1 aliphatic heterocycles. The number of nitrogens with zero attached hydrogens (tertiary/aromatic N) is 4. The lowest BCUT2D eigenvalue weighted by Crippen LogP contribution is -2.59. The van der Waals surface area contributed by atoms with Crippen LogP contribution in [0.25, 0.3) is 0 Å². The summed E-state index contributed by atoms with van der Waals surface area (Å²) in [6.45, 7) is 1.92. The first-order valence-corrected chi connectivity index (χ1v) is 9.83. The Morgan fingerprint density at radius 2 is 2.00 bits per heavy atom. The van der Waals surface area contributed by atoms with Crippen molar-refractivity contribution in [2.24, 2.45) is 7.05 Å². The number of carbonyl (C=O) groups is 2. The molecule has 7 nitrogen and oxygen atoms in total. The van der Waals surface area contributed by atoms with E-state index in [1.807, 2.05) is 13.2 Å². The number of aromatic nitrogens is 2. The Kier molecular flexibility index (Phi) is 5.17. The summed E-state index contributed by atoms with van der Waals surface area (Å²) >= 11 is 0. The third-order valence-electron chi connectivity index (χ3n) is 5.84. The van der Waals surface area contributed by atoms with Gasteiger partial charge in [-0.3, -0.25) is 19.2 Å². The van der Waals surface area contributed by atoms with E-state index in [-0.39, 0.29) is 24.3 Å². The first-order valence-electron chi connectivity index (χ1n) is 9.83. The van der Waals surface area contributed by atoms with Crippen molar-refractivity contribution in [3.05, 3.63) is 53.3 Å². The van der Waals surface area contributed by atoms with E-state index in [9.17, 15) is 9.59 Å². The summed E-state index contributed by atoms with van der Waals surface area (Å²) in [6.07, 6.45) is 5.76. The van der Waals surface area contributed by atoms with Crippen molar-refractivity contribution in [3.63, 3.8) is 0 Å². The van der Waals surface area contributed by atoms with Crippen LogP contribution in [-0.4, -0.2) is 63.6 Å². The molecule has 0 saturated carbocycles. The molecule has 2 aliphatic rings. The van der Waals surface area contributed by atoms with E-state index in [2.05, 4.69) is 39.6 Å². The van der Waals surface area contributed by atoms with Crippen molar-refractivity contribution in [2.45, 2.75) is 37.9 Å². The van der Waals surface area contributed by atoms with Crippen molar-refractivity contribution < 1.29 is 9.59 Å². The number of piperazine rings is 1. The van der Waals surface area contributed by atoms with Crippen LogP contribution in [-0.2, 0) is 36.0 Å². The van der Waals surface area contributed by atoms with Gasteiger partial charge >= 0.3 is 0 Å². The van der Waals surface area contributed by atoms with Gasteiger partial charge in [-0.15, -0.1) is 0 Å². The highest BCUT2D eigenvalue weighted by atomic mass is 16.2. The Morgan fingerprint density at radius 1 is 1.29 bits per heavy atom. The van der Waals surface area contributed by atoms with E-state index >= 15 is 0 Å². The SMILES string of the molecule is CN(Cc1cnn(C)c1)C(=O)CC1C(=O)NCCN1C1Cc2ccccc2C1. The van der Waals surface area contributed by atoms with Gasteiger partial charge in [0.25, 0.3) is 0 Å². The molecule has 1 aromatic heterocycles. The van der Waals surface area contributed by atoms with Gasteiger partial charge in [0.2, 0.25) is 11.8 Å². The van der Waals surface area contributed by atoms with E-state index in [0.717, 1.165) is 24.9 Å². The molecule has 7 heteroatoms. The fraction of sp³-hybridized carbons (Fsp3) is 0.476. The first-order chi connectivity index (χ1) is 13.5. The summed E-state index contributed by atoms with van der Waals surface area (Å²) in [4.78, 5) is 29.4. The molecule has 1 saturated heterocycles. The molecule has 1 aromatic carbocycles. The molecule has 2 amide bonds. The normalized spacial score (nSPS) is 20.1. The van der Waals surface area contributed by atoms with E-state index in [0.29, 0.717) is 13.1 Å². The highest BCUT2D eigenvalue weighted by Crippen LogP contribution is 2.28. The van der Waals surface area contributed by atoms with Gasteiger partial charge in [-0.25, -0.2) is 0 Å². The van der Waals surface area contributed by atoms with Crippen LogP contribution in [0, 0.1) is 0 Å². The van der Waals surface area contributed by atoms with E-state index in [1.165, 1.54) is 11.1 Å². The maximum Gasteiger partial charge on any atom is 0.237 e. The summed E-state index contributed by atoms with van der Waals surface area (Å²) in [5, 5.41) is 7.09. The minimum Gasteiger partial charge on any atom is -0.353 e. The molecule has 1 N–H and O–H groups in total. The summed E-state index contributed by atoms with van der Waals surface area (Å²) in [5.41, 5.74) is 3.70. The lowest BCUT2D eigenvalue weighted by atomic mass is 10.0. The van der Waals surface area contributed by atoms with Gasteiger partial charge in [-0.05, 0) is 24.0 Å². The monoisotopic (exact) mass is 381 g/mol. The molecule has 2 aromatic rings. The van der Waals surface area contributed by atoms with Gasteiger partial charge in [0.15, 0.2) is 0 Å². The summed E-state index contributed by atoms with van der Waals surface area (Å²) < 4.78 is 1.72. The standard InChI is InChI=1S/C21H27N5O2/c1-24(13-15-12-23-25(2)14-15)20(27)11-19-21(28)22-7-8-26(19)18-9-16-5-3-4-6-17(16)10-18/h3-6,12,14,18-19H,7-11,13H2,1-2H3,(H,22,28). The second kappa shape index (κ2) is 7.75. The number of hydrogen-bond donors (Lipinski definition) is 1. The van der Waals surface area contributed by atoms with Crippen LogP contribution >= 0.6 is 0 Å². The second-order valence-corrected chi connectivity index (χ2v) is 7.85. The fourth-order valence-electron chi connectivity index (χ4n) is 4.39. The first kappa shape index (κ1) is 18.7. The summed E-state index contributed by atoms with van der Waals surface area (Å²) in [5.74, 6) is -0.0586. The summed E-state index contributed by atoms with van der Waals surface area (Å²) in [6, 6.07) is 8.35. The largest absolute Gasteiger partial charge is 0.353 e. The molecule has 0 bridgehead atoms. The van der Waals surface area contributed by atoms with E-state index in [4.69, 9.17) is 0 Å². The lowest BCUT2D eigenvalue weighted by Gasteiger charge is -2.39. The minimum atomic E-state index is -0.406. The van der Waals surface area contributed by atoms with Crippen LogP contribution in [0.4, 0.5) is 0 Å². The average molecular weight is 381 g/mol. The quantitative estimate of drug-likeness (QED) is 0.829. The molecule has 0 spiro atoms. The van der Waals surface area contributed by atoms with Crippen LogP contribution in [0.5, 0.6) is 0 Å². The molecule has 1 aliphatic carbocycles. The molecule has 1 unspecified atom stereocenters. The Hall–Kier alpha value is -2.67. The Morgan fingerprint density at radius 3 is 2.64 bits per heavy atom. The molecule has 4 rings (SSSR count). The van der Waals surface area contributed by atoms with Gasteiger partial charge in [0.1, 0.15) is 0 Å². The molecule has 2 heterocycles. The number of carbonyl (C=O) groups excluding carboxylic acids is 2. The van der Waals surface area contributed by atoms with Gasteiger partial charge in [0, 0.05) is 51.5 Å². The zero-order chi connectivity index (χ0) is 19.7. The Labute approximate surface area is 165 Å². The van der Waals surface area contributed by atoms with Crippen LogP contribution in [0.3, 0.4) is 0 Å². The van der Waals surface area contributed by atoms with Crippen LogP contribution < -0.4 is 5.32 Å². The smallest absolute Gasteiger partial charge is 0.237 e. The van der Waals surface area contributed by atoms with Crippen molar-refractivity contribution in [1.82, 2.24) is 24.9 Å². The van der Waals surface area contributed by atoms with Crippen molar-refractivity contribution in [1.29, 1.82) is 0 Å². The molecule has 148 valence electrons. The zero-order valence-corrected chi connectivity index (χ0v) is 16.5. The molecule has 1 atom stereocenters. The molecule has 0 radical (unpaired) electrons. The van der Waals surface area contributed by atoms with Gasteiger partial charge in [-0.2, -0.15) is 5.10 Å². The number of rotatable bonds is 5. The topological polar surface area (TPSA) is 70.5 Å². The zero-order valence-electron chi connectivity index (χ0n) is 16.5. The number of fused-ring (bicyclic) bond motifs is 1. The predicted molar refractivity (Wildman–Crippen MR) is 105 cm³/mol. The highest BCUT2D eigenvalue weighted by Gasteiger charge is 2.38. The van der Waals surface area contributed by atoms with E-state index < -0.39 is 6.04 Å².